The minimum absolute atomic E-state index is 0.0475. The molecule has 4 rings (SSSR count). The van der Waals surface area contributed by atoms with Crippen LogP contribution in [0.3, 0.4) is 0 Å². The van der Waals surface area contributed by atoms with Gasteiger partial charge in [0.1, 0.15) is 6.61 Å². The predicted octanol–water partition coefficient (Wildman–Crippen LogP) is 4.14. The Morgan fingerprint density at radius 1 is 0.963 bits per heavy atom. The van der Waals surface area contributed by atoms with Crippen molar-refractivity contribution in [2.75, 3.05) is 6.61 Å². The smallest absolute Gasteiger partial charge is 0.303 e. The van der Waals surface area contributed by atoms with Crippen LogP contribution in [0.15, 0.2) is 0 Å². The predicted molar refractivity (Wildman–Crippen MR) is 103 cm³/mol. The molecule has 27 heavy (non-hydrogen) atoms. The van der Waals surface area contributed by atoms with Gasteiger partial charge in [0.05, 0.1) is 6.10 Å². The summed E-state index contributed by atoms with van der Waals surface area (Å²) in [4.78, 5) is 23.9. The number of carbonyl (C=O) groups excluding carboxylic acids is 2. The normalized spacial score (nSPS) is 48.9. The number of Topliss-reactive ketones (excluding diaryl/α,β-unsaturated/α-hetero) is 1. The minimum Gasteiger partial charge on any atom is -0.458 e. The lowest BCUT2D eigenvalue weighted by Gasteiger charge is -2.60. The summed E-state index contributed by atoms with van der Waals surface area (Å²) >= 11 is 0. The number of rotatable bonds is 3. The molecule has 152 valence electrons. The Morgan fingerprint density at radius 3 is 2.41 bits per heavy atom. The highest BCUT2D eigenvalue weighted by Crippen LogP contribution is 2.67. The van der Waals surface area contributed by atoms with Gasteiger partial charge < -0.3 is 9.84 Å². The molecule has 0 aliphatic heterocycles. The SMILES string of the molecule is CC(=O)OCC(=O)[C@@H]1CC[C@@H]2[C@@H]3CC[C@@H]4C[C@H](O)CC[C@]4(C)[C@H]3CC[C@@]21C. The minimum atomic E-state index is -0.363. The van der Waals surface area contributed by atoms with Gasteiger partial charge in [-0.3, -0.25) is 9.59 Å². The topological polar surface area (TPSA) is 63.6 Å². The third-order valence-electron chi connectivity index (χ3n) is 9.44. The van der Waals surface area contributed by atoms with Crippen molar-refractivity contribution >= 4 is 11.8 Å². The van der Waals surface area contributed by atoms with Gasteiger partial charge in [-0.25, -0.2) is 0 Å². The maximum absolute atomic E-state index is 12.8. The molecule has 4 aliphatic carbocycles. The molecule has 1 N–H and O–H groups in total. The third-order valence-corrected chi connectivity index (χ3v) is 9.44. The first-order chi connectivity index (χ1) is 12.8. The number of ketones is 1. The molecule has 4 fully saturated rings. The van der Waals surface area contributed by atoms with Crippen LogP contribution in [0.25, 0.3) is 0 Å². The van der Waals surface area contributed by atoms with Crippen LogP contribution in [0.2, 0.25) is 0 Å². The molecule has 8 atom stereocenters. The maximum Gasteiger partial charge on any atom is 0.303 e. The quantitative estimate of drug-likeness (QED) is 0.752. The summed E-state index contributed by atoms with van der Waals surface area (Å²) in [6.45, 7) is 6.17. The zero-order chi connectivity index (χ0) is 19.4. The van der Waals surface area contributed by atoms with Gasteiger partial charge in [0.15, 0.2) is 5.78 Å². The molecule has 4 heteroatoms. The number of carbonyl (C=O) groups is 2. The summed E-state index contributed by atoms with van der Waals surface area (Å²) in [5, 5.41) is 10.2. The van der Waals surface area contributed by atoms with E-state index < -0.39 is 0 Å². The van der Waals surface area contributed by atoms with Crippen molar-refractivity contribution < 1.29 is 19.4 Å². The van der Waals surface area contributed by atoms with Crippen molar-refractivity contribution in [2.24, 2.45) is 40.4 Å². The van der Waals surface area contributed by atoms with E-state index in [0.29, 0.717) is 17.3 Å². The van der Waals surface area contributed by atoms with E-state index in [1.54, 1.807) is 0 Å². The Morgan fingerprint density at radius 2 is 1.67 bits per heavy atom. The van der Waals surface area contributed by atoms with E-state index in [2.05, 4.69) is 13.8 Å². The molecule has 0 radical (unpaired) electrons. The lowest BCUT2D eigenvalue weighted by Crippen LogP contribution is -2.54. The average Bonchev–Trinajstić information content (AvgIpc) is 2.97. The monoisotopic (exact) mass is 376 g/mol. The summed E-state index contributed by atoms with van der Waals surface area (Å²) in [6.07, 6.45) is 9.99. The molecule has 0 saturated heterocycles. The summed E-state index contributed by atoms with van der Waals surface area (Å²) in [7, 11) is 0. The van der Waals surface area contributed by atoms with E-state index in [1.165, 1.54) is 26.2 Å². The van der Waals surface area contributed by atoms with E-state index in [4.69, 9.17) is 4.74 Å². The Balaban J connectivity index is 1.52. The molecule has 0 aromatic rings. The summed E-state index contributed by atoms with van der Waals surface area (Å²) in [5.74, 6) is 2.62. The van der Waals surface area contributed by atoms with Gasteiger partial charge >= 0.3 is 5.97 Å². The second-order valence-electron chi connectivity index (χ2n) is 10.5. The van der Waals surface area contributed by atoms with Gasteiger partial charge in [-0.05, 0) is 92.3 Å². The molecule has 0 amide bonds. The van der Waals surface area contributed by atoms with Gasteiger partial charge in [-0.2, -0.15) is 0 Å². The third kappa shape index (κ3) is 3.07. The molecule has 4 nitrogen and oxygen atoms in total. The van der Waals surface area contributed by atoms with Crippen molar-refractivity contribution in [3.8, 4) is 0 Å². The highest BCUT2D eigenvalue weighted by Gasteiger charge is 2.61. The van der Waals surface area contributed by atoms with E-state index in [9.17, 15) is 14.7 Å². The van der Waals surface area contributed by atoms with E-state index in [-0.39, 0.29) is 35.8 Å². The number of hydrogen-bond acceptors (Lipinski definition) is 4. The first-order valence-electron chi connectivity index (χ1n) is 11.1. The molecule has 0 aromatic carbocycles. The Kier molecular flexibility index (Phi) is 4.93. The van der Waals surface area contributed by atoms with Gasteiger partial charge in [-0.15, -0.1) is 0 Å². The van der Waals surface area contributed by atoms with E-state index in [0.717, 1.165) is 50.4 Å². The number of esters is 1. The van der Waals surface area contributed by atoms with Crippen LogP contribution in [-0.2, 0) is 14.3 Å². The zero-order valence-electron chi connectivity index (χ0n) is 17.2. The Labute approximate surface area is 163 Å². The Bertz CT molecular complexity index is 615. The average molecular weight is 377 g/mol. The fourth-order valence-corrected chi connectivity index (χ4v) is 8.04. The van der Waals surface area contributed by atoms with Crippen molar-refractivity contribution in [3.63, 3.8) is 0 Å². The number of hydrogen-bond donors (Lipinski definition) is 1. The molecular weight excluding hydrogens is 340 g/mol. The summed E-state index contributed by atoms with van der Waals surface area (Å²) in [6, 6.07) is 0. The molecular formula is C23H36O4. The van der Waals surface area contributed by atoms with Crippen LogP contribution in [-0.4, -0.2) is 29.6 Å². The standard InChI is InChI=1S/C23H36O4/c1-14(24)27-13-21(26)20-7-6-18-17-5-4-15-12-16(25)8-10-22(15,2)19(17)9-11-23(18,20)3/h15-20,25H,4-13H2,1-3H3/t15-,16-,17+,18-,19+,20+,22+,23+/m1/s1. The molecule has 4 aliphatic rings. The molecule has 0 heterocycles. The van der Waals surface area contributed by atoms with Crippen LogP contribution >= 0.6 is 0 Å². The van der Waals surface area contributed by atoms with Gasteiger partial charge in [0, 0.05) is 12.8 Å². The second kappa shape index (κ2) is 6.86. The fourth-order valence-electron chi connectivity index (χ4n) is 8.04. The molecule has 0 aromatic heterocycles. The molecule has 0 bridgehead atoms. The van der Waals surface area contributed by atoms with Crippen molar-refractivity contribution in [1.82, 2.24) is 0 Å². The van der Waals surface area contributed by atoms with Gasteiger partial charge in [-0.1, -0.05) is 13.8 Å². The van der Waals surface area contributed by atoms with Crippen LogP contribution < -0.4 is 0 Å². The molecule has 0 unspecified atom stereocenters. The number of aliphatic hydroxyl groups excluding tert-OH is 1. The molecule has 4 saturated carbocycles. The first-order valence-corrected chi connectivity index (χ1v) is 11.1. The first kappa shape index (κ1) is 19.4. The van der Waals surface area contributed by atoms with Crippen molar-refractivity contribution in [3.05, 3.63) is 0 Å². The summed E-state index contributed by atoms with van der Waals surface area (Å²) < 4.78 is 5.03. The van der Waals surface area contributed by atoms with Crippen molar-refractivity contribution in [2.45, 2.75) is 84.7 Å². The largest absolute Gasteiger partial charge is 0.458 e. The van der Waals surface area contributed by atoms with E-state index >= 15 is 0 Å². The highest BCUT2D eigenvalue weighted by atomic mass is 16.5. The maximum atomic E-state index is 12.8. The lowest BCUT2D eigenvalue weighted by atomic mass is 9.44. The number of ether oxygens (including phenoxy) is 1. The zero-order valence-corrected chi connectivity index (χ0v) is 17.2. The lowest BCUT2D eigenvalue weighted by molar-refractivity contribution is -0.151. The fraction of sp³-hybridized carbons (Fsp3) is 0.913. The van der Waals surface area contributed by atoms with E-state index in [1.807, 2.05) is 0 Å². The van der Waals surface area contributed by atoms with Crippen molar-refractivity contribution in [1.29, 1.82) is 0 Å². The number of fused-ring (bicyclic) bond motifs is 5. The highest BCUT2D eigenvalue weighted by molar-refractivity contribution is 5.85. The second-order valence-corrected chi connectivity index (χ2v) is 10.5. The Hall–Kier alpha value is -0.900. The van der Waals surface area contributed by atoms with Gasteiger partial charge in [0.25, 0.3) is 0 Å². The summed E-state index contributed by atoms with van der Waals surface area (Å²) in [5.41, 5.74) is 0.457. The number of aliphatic hydroxyl groups is 1. The van der Waals surface area contributed by atoms with Gasteiger partial charge in [0.2, 0.25) is 0 Å². The molecule has 0 spiro atoms. The van der Waals surface area contributed by atoms with Crippen LogP contribution in [0.4, 0.5) is 0 Å². The van der Waals surface area contributed by atoms with Crippen LogP contribution in [0, 0.1) is 40.4 Å². The van der Waals surface area contributed by atoms with Crippen LogP contribution in [0.1, 0.15) is 78.6 Å². The van der Waals surface area contributed by atoms with Crippen LogP contribution in [0.5, 0.6) is 0 Å².